The topological polar surface area (TPSA) is 80.5 Å². The number of hydrogen-bond donors (Lipinski definition) is 1. The predicted octanol–water partition coefficient (Wildman–Crippen LogP) is 3.31. The Morgan fingerprint density at radius 3 is 2.23 bits per heavy atom. The highest BCUT2D eigenvalue weighted by molar-refractivity contribution is 7.92. The molecule has 5 nitrogen and oxygen atoms in total. The second-order valence-corrected chi connectivity index (χ2v) is 9.42. The Morgan fingerprint density at radius 2 is 1.70 bits per heavy atom. The SMILES string of the molecule is NC(=O)c1ccc(S(=O)(=O)C2(F)CCN(CC(F)c3ccc(F)cc3F)CC2)cc1. The van der Waals surface area contributed by atoms with Gasteiger partial charge in [-0.3, -0.25) is 9.69 Å². The van der Waals surface area contributed by atoms with Gasteiger partial charge >= 0.3 is 0 Å². The summed E-state index contributed by atoms with van der Waals surface area (Å²) in [4.78, 5) is 12.3. The van der Waals surface area contributed by atoms with E-state index in [1.54, 1.807) is 0 Å². The Kier molecular flexibility index (Phi) is 6.19. The number of nitrogens with two attached hydrogens (primary N) is 1. The Hall–Kier alpha value is -2.46. The van der Waals surface area contributed by atoms with Crippen LogP contribution in [0, 0.1) is 11.6 Å². The first-order valence-electron chi connectivity index (χ1n) is 9.18. The number of alkyl halides is 2. The average molecular weight is 444 g/mol. The molecule has 1 atom stereocenters. The van der Waals surface area contributed by atoms with Gasteiger partial charge in [0.15, 0.2) is 0 Å². The Labute approximate surface area is 171 Å². The molecule has 0 aliphatic carbocycles. The number of rotatable bonds is 6. The van der Waals surface area contributed by atoms with E-state index in [1.807, 2.05) is 0 Å². The number of benzene rings is 2. The van der Waals surface area contributed by atoms with Crippen LogP contribution in [-0.4, -0.2) is 43.9 Å². The van der Waals surface area contributed by atoms with Crippen LogP contribution in [0.2, 0.25) is 0 Å². The number of sulfone groups is 1. The molecule has 1 aliphatic rings. The minimum absolute atomic E-state index is 0.0572. The van der Waals surface area contributed by atoms with Gasteiger partial charge in [-0.1, -0.05) is 6.07 Å². The summed E-state index contributed by atoms with van der Waals surface area (Å²) in [5.74, 6) is -2.57. The van der Waals surface area contributed by atoms with Gasteiger partial charge in [0, 0.05) is 49.7 Å². The normalized spacial score (nSPS) is 18.1. The number of hydrogen-bond acceptors (Lipinski definition) is 4. The van der Waals surface area contributed by atoms with Crippen LogP contribution in [0.1, 0.15) is 34.9 Å². The Morgan fingerprint density at radius 1 is 1.10 bits per heavy atom. The molecule has 1 aliphatic heterocycles. The molecular weight excluding hydrogens is 424 g/mol. The molecule has 1 unspecified atom stereocenters. The minimum Gasteiger partial charge on any atom is -0.366 e. The van der Waals surface area contributed by atoms with E-state index >= 15 is 4.39 Å². The highest BCUT2D eigenvalue weighted by atomic mass is 32.2. The quantitative estimate of drug-likeness (QED) is 0.694. The Balaban J connectivity index is 1.67. The van der Waals surface area contributed by atoms with Crippen molar-refractivity contribution in [1.82, 2.24) is 4.90 Å². The molecule has 0 bridgehead atoms. The lowest BCUT2D eigenvalue weighted by molar-refractivity contribution is 0.0973. The van der Waals surface area contributed by atoms with Crippen molar-refractivity contribution in [3.8, 4) is 0 Å². The molecule has 2 aromatic rings. The Bertz CT molecular complexity index is 1040. The number of piperidine rings is 1. The summed E-state index contributed by atoms with van der Waals surface area (Å²) in [6, 6.07) is 7.21. The van der Waals surface area contributed by atoms with E-state index in [1.165, 1.54) is 17.0 Å². The third kappa shape index (κ3) is 4.34. The molecular formula is C20H20F4N2O3S. The number of carbonyl (C=O) groups is 1. The van der Waals surface area contributed by atoms with E-state index in [2.05, 4.69) is 0 Å². The largest absolute Gasteiger partial charge is 0.366 e. The molecule has 1 amide bonds. The number of carbonyl (C=O) groups excluding carboxylic acids is 1. The fraction of sp³-hybridized carbons (Fsp3) is 0.350. The number of likely N-dealkylation sites (tertiary alicyclic amines) is 1. The van der Waals surface area contributed by atoms with Gasteiger partial charge in [-0.2, -0.15) is 0 Å². The smallest absolute Gasteiger partial charge is 0.248 e. The van der Waals surface area contributed by atoms with Crippen LogP contribution in [0.15, 0.2) is 47.4 Å². The van der Waals surface area contributed by atoms with Crippen LogP contribution in [0.5, 0.6) is 0 Å². The van der Waals surface area contributed by atoms with Crippen LogP contribution < -0.4 is 5.73 Å². The van der Waals surface area contributed by atoms with E-state index in [9.17, 15) is 26.4 Å². The maximum atomic E-state index is 15.3. The van der Waals surface area contributed by atoms with Crippen molar-refractivity contribution < 1.29 is 30.8 Å². The standard InChI is InChI=1S/C20H20F4N2O3S/c21-14-3-6-16(17(22)11-14)18(23)12-26-9-7-20(24,8-10-26)30(28,29)15-4-1-13(2-5-15)19(25)27/h1-6,11,18H,7-10,12H2,(H2,25,27). The lowest BCUT2D eigenvalue weighted by Crippen LogP contribution is -2.47. The lowest BCUT2D eigenvalue weighted by atomic mass is 10.1. The molecule has 3 rings (SSSR count). The number of nitrogens with zero attached hydrogens (tertiary/aromatic N) is 1. The maximum absolute atomic E-state index is 15.3. The molecule has 0 saturated carbocycles. The van der Waals surface area contributed by atoms with Crippen LogP contribution in [0.4, 0.5) is 17.6 Å². The molecule has 10 heteroatoms. The first kappa shape index (κ1) is 22.2. The van der Waals surface area contributed by atoms with Crippen molar-refractivity contribution in [1.29, 1.82) is 0 Å². The highest BCUT2D eigenvalue weighted by Gasteiger charge is 2.47. The summed E-state index contributed by atoms with van der Waals surface area (Å²) in [5, 5.41) is -2.55. The van der Waals surface area contributed by atoms with E-state index < -0.39 is 51.4 Å². The lowest BCUT2D eigenvalue weighted by Gasteiger charge is -2.36. The molecule has 1 heterocycles. The fourth-order valence-electron chi connectivity index (χ4n) is 3.43. The van der Waals surface area contributed by atoms with Crippen LogP contribution in [0.3, 0.4) is 0 Å². The van der Waals surface area contributed by atoms with Gasteiger partial charge in [-0.25, -0.2) is 26.0 Å². The maximum Gasteiger partial charge on any atom is 0.248 e. The van der Waals surface area contributed by atoms with Gasteiger partial charge < -0.3 is 5.73 Å². The van der Waals surface area contributed by atoms with Gasteiger partial charge in [0.05, 0.1) is 4.90 Å². The number of amides is 1. The number of halogens is 4. The predicted molar refractivity (Wildman–Crippen MR) is 102 cm³/mol. The van der Waals surface area contributed by atoms with Crippen LogP contribution in [-0.2, 0) is 9.84 Å². The highest BCUT2D eigenvalue weighted by Crippen LogP contribution is 2.37. The zero-order valence-electron chi connectivity index (χ0n) is 15.8. The molecule has 0 spiro atoms. The summed E-state index contributed by atoms with van der Waals surface area (Å²) in [7, 11) is -4.36. The van der Waals surface area contributed by atoms with Crippen LogP contribution >= 0.6 is 0 Å². The van der Waals surface area contributed by atoms with Gasteiger partial charge in [-0.15, -0.1) is 0 Å². The second-order valence-electron chi connectivity index (χ2n) is 7.21. The van der Waals surface area contributed by atoms with E-state index in [-0.39, 0.29) is 35.7 Å². The molecule has 0 aromatic heterocycles. The zero-order chi connectivity index (χ0) is 22.1. The van der Waals surface area contributed by atoms with Gasteiger partial charge in [0.25, 0.3) is 0 Å². The summed E-state index contributed by atoms with van der Waals surface area (Å²) < 4.78 is 82.0. The van der Waals surface area contributed by atoms with Gasteiger partial charge in [0.2, 0.25) is 20.7 Å². The molecule has 162 valence electrons. The first-order valence-corrected chi connectivity index (χ1v) is 10.7. The zero-order valence-corrected chi connectivity index (χ0v) is 16.6. The first-order chi connectivity index (χ1) is 14.0. The molecule has 1 saturated heterocycles. The van der Waals surface area contributed by atoms with Crippen LogP contribution in [0.25, 0.3) is 0 Å². The average Bonchev–Trinajstić information content (AvgIpc) is 2.69. The summed E-state index contributed by atoms with van der Waals surface area (Å²) in [5.41, 5.74) is 4.90. The molecule has 2 N–H and O–H groups in total. The van der Waals surface area contributed by atoms with E-state index in [0.717, 1.165) is 24.3 Å². The molecule has 2 aromatic carbocycles. The summed E-state index contributed by atoms with van der Waals surface area (Å²) in [6.07, 6.45) is -2.56. The third-order valence-electron chi connectivity index (χ3n) is 5.25. The van der Waals surface area contributed by atoms with Gasteiger partial charge in [-0.05, 0) is 30.3 Å². The molecule has 30 heavy (non-hydrogen) atoms. The summed E-state index contributed by atoms with van der Waals surface area (Å²) in [6.45, 7) is -0.386. The minimum atomic E-state index is -4.36. The fourth-order valence-corrected chi connectivity index (χ4v) is 5.07. The molecule has 0 radical (unpaired) electrons. The third-order valence-corrected chi connectivity index (χ3v) is 7.52. The van der Waals surface area contributed by atoms with Crippen molar-refractivity contribution in [3.05, 3.63) is 65.2 Å². The van der Waals surface area contributed by atoms with Crippen molar-refractivity contribution in [2.75, 3.05) is 19.6 Å². The van der Waals surface area contributed by atoms with Crippen molar-refractivity contribution >= 4 is 15.7 Å². The van der Waals surface area contributed by atoms with Crippen molar-refractivity contribution in [2.45, 2.75) is 28.9 Å². The van der Waals surface area contributed by atoms with E-state index in [4.69, 9.17) is 5.73 Å². The summed E-state index contributed by atoms with van der Waals surface area (Å²) >= 11 is 0. The molecule has 1 fully saturated rings. The van der Waals surface area contributed by atoms with Crippen molar-refractivity contribution in [2.24, 2.45) is 5.73 Å². The number of primary amides is 1. The monoisotopic (exact) mass is 444 g/mol. The second kappa shape index (κ2) is 8.35. The van der Waals surface area contributed by atoms with Crippen molar-refractivity contribution in [3.63, 3.8) is 0 Å². The van der Waals surface area contributed by atoms with Gasteiger partial charge in [0.1, 0.15) is 17.8 Å². The van der Waals surface area contributed by atoms with E-state index in [0.29, 0.717) is 6.07 Å².